The molecule has 1 aromatic rings. The lowest BCUT2D eigenvalue weighted by atomic mass is 10.1. The number of amides is 1. The van der Waals surface area contributed by atoms with Gasteiger partial charge in [-0.3, -0.25) is 4.79 Å². The largest absolute Gasteiger partial charge is 0.355 e. The SMILES string of the molecule is O=C(CNCCc1cccc(F)c1)NCC1CC1. The van der Waals surface area contributed by atoms with Gasteiger partial charge in [-0.25, -0.2) is 4.39 Å². The van der Waals surface area contributed by atoms with E-state index < -0.39 is 0 Å². The molecule has 1 aromatic carbocycles. The van der Waals surface area contributed by atoms with Crippen molar-refractivity contribution < 1.29 is 9.18 Å². The molecular weight excluding hydrogens is 231 g/mol. The predicted octanol–water partition coefficient (Wildman–Crippen LogP) is 1.48. The summed E-state index contributed by atoms with van der Waals surface area (Å²) in [6.45, 7) is 1.83. The first-order valence-electron chi connectivity index (χ1n) is 6.46. The third-order valence-corrected chi connectivity index (χ3v) is 3.05. The maximum Gasteiger partial charge on any atom is 0.233 e. The number of carbonyl (C=O) groups excluding carboxylic acids is 1. The molecule has 4 heteroatoms. The van der Waals surface area contributed by atoms with E-state index in [1.54, 1.807) is 6.07 Å². The average molecular weight is 250 g/mol. The summed E-state index contributed by atoms with van der Waals surface area (Å²) in [4.78, 5) is 11.4. The standard InChI is InChI=1S/C14H19FN2O/c15-13-3-1-2-11(8-13)6-7-16-10-14(18)17-9-12-4-5-12/h1-3,8,12,16H,4-7,9-10H2,(H,17,18). The third-order valence-electron chi connectivity index (χ3n) is 3.05. The van der Waals surface area contributed by atoms with Crippen molar-refractivity contribution in [2.24, 2.45) is 5.92 Å². The van der Waals surface area contributed by atoms with Gasteiger partial charge < -0.3 is 10.6 Å². The zero-order valence-electron chi connectivity index (χ0n) is 10.4. The number of benzene rings is 1. The summed E-state index contributed by atoms with van der Waals surface area (Å²) < 4.78 is 12.9. The first-order chi connectivity index (χ1) is 8.74. The number of hydrogen-bond acceptors (Lipinski definition) is 2. The lowest BCUT2D eigenvalue weighted by Crippen LogP contribution is -2.35. The predicted molar refractivity (Wildman–Crippen MR) is 68.7 cm³/mol. The number of carbonyl (C=O) groups is 1. The Kier molecular flexibility index (Phi) is 4.70. The zero-order valence-corrected chi connectivity index (χ0v) is 10.4. The molecule has 0 saturated heterocycles. The quantitative estimate of drug-likeness (QED) is 0.720. The maximum absolute atomic E-state index is 12.9. The number of hydrogen-bond donors (Lipinski definition) is 2. The van der Waals surface area contributed by atoms with E-state index in [1.807, 2.05) is 6.07 Å². The van der Waals surface area contributed by atoms with Crippen molar-refractivity contribution in [3.05, 3.63) is 35.6 Å². The molecule has 0 heterocycles. The summed E-state index contributed by atoms with van der Waals surface area (Å²) in [5, 5.41) is 5.95. The monoisotopic (exact) mass is 250 g/mol. The van der Waals surface area contributed by atoms with Gasteiger partial charge in [0.25, 0.3) is 0 Å². The van der Waals surface area contributed by atoms with Gasteiger partial charge in [0.2, 0.25) is 5.91 Å². The van der Waals surface area contributed by atoms with Crippen LogP contribution in [0.3, 0.4) is 0 Å². The minimum Gasteiger partial charge on any atom is -0.355 e. The van der Waals surface area contributed by atoms with Crippen LogP contribution in [0.1, 0.15) is 18.4 Å². The fourth-order valence-electron chi connectivity index (χ4n) is 1.77. The third kappa shape index (κ3) is 4.84. The smallest absolute Gasteiger partial charge is 0.233 e. The molecule has 1 aliphatic carbocycles. The maximum atomic E-state index is 12.9. The summed E-state index contributed by atoms with van der Waals surface area (Å²) in [5.74, 6) is 0.539. The lowest BCUT2D eigenvalue weighted by molar-refractivity contribution is -0.120. The Morgan fingerprint density at radius 2 is 2.22 bits per heavy atom. The van der Waals surface area contributed by atoms with Crippen molar-refractivity contribution >= 4 is 5.91 Å². The van der Waals surface area contributed by atoms with Crippen LogP contribution in [0, 0.1) is 11.7 Å². The summed E-state index contributed by atoms with van der Waals surface area (Å²) in [6, 6.07) is 6.54. The highest BCUT2D eigenvalue weighted by molar-refractivity contribution is 5.77. The van der Waals surface area contributed by atoms with Crippen LogP contribution < -0.4 is 10.6 Å². The van der Waals surface area contributed by atoms with E-state index in [-0.39, 0.29) is 11.7 Å². The van der Waals surface area contributed by atoms with Gasteiger partial charge in [-0.05, 0) is 49.4 Å². The Morgan fingerprint density at radius 1 is 1.39 bits per heavy atom. The summed E-state index contributed by atoms with van der Waals surface area (Å²) in [5.41, 5.74) is 0.945. The zero-order chi connectivity index (χ0) is 12.8. The van der Waals surface area contributed by atoms with Crippen LogP contribution in [-0.4, -0.2) is 25.5 Å². The minimum atomic E-state index is -0.213. The van der Waals surface area contributed by atoms with Crippen LogP contribution in [0.5, 0.6) is 0 Å². The van der Waals surface area contributed by atoms with Crippen LogP contribution in [-0.2, 0) is 11.2 Å². The molecule has 1 fully saturated rings. The summed E-state index contributed by atoms with van der Waals surface area (Å²) >= 11 is 0. The molecule has 3 nitrogen and oxygen atoms in total. The molecule has 0 radical (unpaired) electrons. The van der Waals surface area contributed by atoms with Crippen molar-refractivity contribution in [2.75, 3.05) is 19.6 Å². The van der Waals surface area contributed by atoms with Crippen LogP contribution in [0.15, 0.2) is 24.3 Å². The first-order valence-corrected chi connectivity index (χ1v) is 6.46. The topological polar surface area (TPSA) is 41.1 Å². The second kappa shape index (κ2) is 6.50. The molecule has 1 saturated carbocycles. The van der Waals surface area contributed by atoms with Crippen molar-refractivity contribution in [1.29, 1.82) is 0 Å². The molecule has 0 unspecified atom stereocenters. The Bertz CT molecular complexity index is 405. The Morgan fingerprint density at radius 3 is 2.94 bits per heavy atom. The molecule has 1 amide bonds. The highest BCUT2D eigenvalue weighted by Crippen LogP contribution is 2.27. The van der Waals surface area contributed by atoms with Gasteiger partial charge in [0.15, 0.2) is 0 Å². The van der Waals surface area contributed by atoms with Gasteiger partial charge in [0.05, 0.1) is 6.54 Å². The molecule has 98 valence electrons. The van der Waals surface area contributed by atoms with Crippen LogP contribution in [0.25, 0.3) is 0 Å². The molecule has 0 spiro atoms. The number of nitrogens with one attached hydrogen (secondary N) is 2. The molecule has 0 atom stereocenters. The minimum absolute atomic E-state index is 0.0427. The number of halogens is 1. The molecule has 1 aliphatic rings. The number of rotatable bonds is 7. The van der Waals surface area contributed by atoms with E-state index in [4.69, 9.17) is 0 Å². The van der Waals surface area contributed by atoms with E-state index in [0.29, 0.717) is 19.0 Å². The normalized spacial score (nSPS) is 14.5. The highest BCUT2D eigenvalue weighted by Gasteiger charge is 2.21. The van der Waals surface area contributed by atoms with E-state index in [1.165, 1.54) is 25.0 Å². The molecule has 0 aliphatic heterocycles. The van der Waals surface area contributed by atoms with E-state index >= 15 is 0 Å². The molecular formula is C14H19FN2O. The van der Waals surface area contributed by atoms with E-state index in [2.05, 4.69) is 10.6 Å². The first kappa shape index (κ1) is 13.0. The van der Waals surface area contributed by atoms with Crippen LogP contribution in [0.4, 0.5) is 4.39 Å². The molecule has 0 bridgehead atoms. The fourth-order valence-corrected chi connectivity index (χ4v) is 1.77. The second-order valence-electron chi connectivity index (χ2n) is 4.80. The van der Waals surface area contributed by atoms with E-state index in [0.717, 1.165) is 18.5 Å². The fraction of sp³-hybridized carbons (Fsp3) is 0.500. The van der Waals surface area contributed by atoms with Crippen molar-refractivity contribution in [3.63, 3.8) is 0 Å². The Hall–Kier alpha value is -1.42. The van der Waals surface area contributed by atoms with Gasteiger partial charge in [0.1, 0.15) is 5.82 Å². The van der Waals surface area contributed by atoms with Gasteiger partial charge in [-0.2, -0.15) is 0 Å². The van der Waals surface area contributed by atoms with Gasteiger partial charge in [-0.1, -0.05) is 12.1 Å². The van der Waals surface area contributed by atoms with Crippen molar-refractivity contribution in [2.45, 2.75) is 19.3 Å². The summed E-state index contributed by atoms with van der Waals surface area (Å²) in [6.07, 6.45) is 3.22. The van der Waals surface area contributed by atoms with Crippen molar-refractivity contribution in [3.8, 4) is 0 Å². The average Bonchev–Trinajstić information content (AvgIpc) is 3.16. The Labute approximate surface area is 107 Å². The molecule has 0 aromatic heterocycles. The van der Waals surface area contributed by atoms with Gasteiger partial charge in [-0.15, -0.1) is 0 Å². The highest BCUT2D eigenvalue weighted by atomic mass is 19.1. The summed E-state index contributed by atoms with van der Waals surface area (Å²) in [7, 11) is 0. The van der Waals surface area contributed by atoms with Gasteiger partial charge >= 0.3 is 0 Å². The Balaban J connectivity index is 1.56. The van der Waals surface area contributed by atoms with Crippen LogP contribution in [0.2, 0.25) is 0 Å². The molecule has 18 heavy (non-hydrogen) atoms. The van der Waals surface area contributed by atoms with Crippen LogP contribution >= 0.6 is 0 Å². The van der Waals surface area contributed by atoms with Gasteiger partial charge in [0, 0.05) is 6.54 Å². The molecule has 2 N–H and O–H groups in total. The van der Waals surface area contributed by atoms with E-state index in [9.17, 15) is 9.18 Å². The molecule has 2 rings (SSSR count). The second-order valence-corrected chi connectivity index (χ2v) is 4.80. The lowest BCUT2D eigenvalue weighted by Gasteiger charge is -2.06. The van der Waals surface area contributed by atoms with Crippen molar-refractivity contribution in [1.82, 2.24) is 10.6 Å².